The van der Waals surface area contributed by atoms with Crippen molar-refractivity contribution in [3.63, 3.8) is 0 Å². The first-order valence-corrected chi connectivity index (χ1v) is 9.60. The van der Waals surface area contributed by atoms with Crippen molar-refractivity contribution < 1.29 is 27.3 Å². The lowest BCUT2D eigenvalue weighted by Gasteiger charge is -2.13. The van der Waals surface area contributed by atoms with Crippen LogP contribution < -0.4 is 16.2 Å². The first-order valence-electron chi connectivity index (χ1n) is 9.60. The number of halogens is 4. The predicted molar refractivity (Wildman–Crippen MR) is 116 cm³/mol. The Labute approximate surface area is 191 Å². The van der Waals surface area contributed by atoms with Crippen LogP contribution in [-0.4, -0.2) is 25.8 Å². The largest absolute Gasteiger partial charge is 0.417 e. The molecule has 0 aliphatic heterocycles. The molecule has 0 atom stereocenters. The van der Waals surface area contributed by atoms with E-state index < -0.39 is 45.2 Å². The normalized spacial score (nSPS) is 11.3. The number of carbonyl (C=O) groups excluding carboxylic acids is 1. The Morgan fingerprint density at radius 2 is 1.71 bits per heavy atom. The second-order valence-corrected chi connectivity index (χ2v) is 7.07. The first kappa shape index (κ1) is 23.3. The summed E-state index contributed by atoms with van der Waals surface area (Å²) in [7, 11) is 0. The molecule has 35 heavy (non-hydrogen) atoms. The molecule has 0 saturated heterocycles. The number of aromatic amines is 1. The molecule has 0 saturated carbocycles. The van der Waals surface area contributed by atoms with Crippen molar-refractivity contribution in [2.75, 3.05) is 10.6 Å². The van der Waals surface area contributed by atoms with Crippen LogP contribution in [0.4, 0.5) is 40.4 Å². The molecule has 0 spiro atoms. The van der Waals surface area contributed by atoms with Gasteiger partial charge in [-0.05, 0) is 42.5 Å². The summed E-state index contributed by atoms with van der Waals surface area (Å²) < 4.78 is 52.8. The number of aromatic nitrogens is 3. The van der Waals surface area contributed by atoms with E-state index in [1.807, 2.05) is 0 Å². The number of amides is 1. The maximum Gasteiger partial charge on any atom is 0.417 e. The lowest BCUT2D eigenvalue weighted by molar-refractivity contribution is -0.386. The highest BCUT2D eigenvalue weighted by Gasteiger charge is 2.35. The van der Waals surface area contributed by atoms with Crippen LogP contribution in [0.5, 0.6) is 0 Å². The fourth-order valence-electron chi connectivity index (χ4n) is 3.16. The molecular weight excluding hydrogens is 476 g/mol. The van der Waals surface area contributed by atoms with Gasteiger partial charge in [0.15, 0.2) is 0 Å². The molecule has 10 nitrogen and oxygen atoms in total. The minimum Gasteiger partial charge on any atom is -0.340 e. The molecule has 2 aromatic carbocycles. The summed E-state index contributed by atoms with van der Waals surface area (Å²) in [5, 5.41) is 16.4. The fraction of sp³-hybridized carbons (Fsp3) is 0.0476. The molecular formula is C21H12F4N6O4. The molecule has 0 aliphatic rings. The van der Waals surface area contributed by atoms with Gasteiger partial charge in [-0.15, -0.1) is 0 Å². The second-order valence-electron chi connectivity index (χ2n) is 7.07. The third-order valence-electron chi connectivity index (χ3n) is 4.76. The van der Waals surface area contributed by atoms with Crippen molar-refractivity contribution in [1.29, 1.82) is 0 Å². The van der Waals surface area contributed by atoms with Gasteiger partial charge in [0.2, 0.25) is 0 Å². The van der Waals surface area contributed by atoms with E-state index in [1.165, 1.54) is 24.3 Å². The summed E-state index contributed by atoms with van der Waals surface area (Å²) in [6, 6.07) is 8.43. The Balaban J connectivity index is 1.57. The Morgan fingerprint density at radius 1 is 1.03 bits per heavy atom. The van der Waals surface area contributed by atoms with E-state index >= 15 is 0 Å². The quantitative estimate of drug-likeness (QED) is 0.215. The Morgan fingerprint density at radius 3 is 2.37 bits per heavy atom. The Kier molecular flexibility index (Phi) is 5.86. The van der Waals surface area contributed by atoms with E-state index in [2.05, 4.69) is 25.6 Å². The van der Waals surface area contributed by atoms with Gasteiger partial charge in [-0.25, -0.2) is 14.4 Å². The number of fused-ring (bicyclic) bond motifs is 1. The van der Waals surface area contributed by atoms with Crippen molar-refractivity contribution >= 4 is 39.8 Å². The number of anilines is 3. The zero-order chi connectivity index (χ0) is 25.3. The van der Waals surface area contributed by atoms with Crippen LogP contribution >= 0.6 is 0 Å². The Hall–Kier alpha value is -4.88. The van der Waals surface area contributed by atoms with Crippen molar-refractivity contribution in [3.8, 4) is 0 Å². The maximum absolute atomic E-state index is 13.3. The number of rotatable bonds is 5. The smallest absolute Gasteiger partial charge is 0.340 e. The minimum absolute atomic E-state index is 0.0572. The monoisotopic (exact) mass is 488 g/mol. The van der Waals surface area contributed by atoms with Crippen molar-refractivity contribution in [1.82, 2.24) is 15.0 Å². The first-order chi connectivity index (χ1) is 16.5. The third-order valence-corrected chi connectivity index (χ3v) is 4.76. The summed E-state index contributed by atoms with van der Waals surface area (Å²) in [4.78, 5) is 44.5. The van der Waals surface area contributed by atoms with Gasteiger partial charge >= 0.3 is 17.4 Å². The summed E-state index contributed by atoms with van der Waals surface area (Å²) in [5.74, 6) is -2.08. The van der Waals surface area contributed by atoms with Crippen LogP contribution in [0.15, 0.2) is 59.7 Å². The van der Waals surface area contributed by atoms with E-state index in [-0.39, 0.29) is 28.6 Å². The third kappa shape index (κ3) is 4.90. The summed E-state index contributed by atoms with van der Waals surface area (Å²) in [6.45, 7) is 0. The number of nitrogens with zero attached hydrogens (tertiary/aromatic N) is 3. The van der Waals surface area contributed by atoms with E-state index in [1.54, 1.807) is 0 Å². The molecule has 0 unspecified atom stereocenters. The van der Waals surface area contributed by atoms with Gasteiger partial charge in [0.05, 0.1) is 21.4 Å². The highest BCUT2D eigenvalue weighted by molar-refractivity contribution is 6.05. The van der Waals surface area contributed by atoms with Crippen LogP contribution in [0.25, 0.3) is 11.0 Å². The molecule has 1 amide bonds. The molecule has 0 radical (unpaired) electrons. The number of hydrogen-bond donors (Lipinski definition) is 3. The van der Waals surface area contributed by atoms with Crippen LogP contribution in [0.2, 0.25) is 0 Å². The maximum atomic E-state index is 13.3. The average molecular weight is 488 g/mol. The van der Waals surface area contributed by atoms with Crippen LogP contribution in [0.3, 0.4) is 0 Å². The molecule has 3 N–H and O–H groups in total. The second kappa shape index (κ2) is 8.81. The van der Waals surface area contributed by atoms with Crippen molar-refractivity contribution in [2.45, 2.75) is 6.18 Å². The van der Waals surface area contributed by atoms with E-state index in [0.717, 1.165) is 24.5 Å². The molecule has 0 fully saturated rings. The molecule has 0 aliphatic carbocycles. The number of H-pyrrole nitrogens is 1. The molecule has 14 heteroatoms. The van der Waals surface area contributed by atoms with Crippen molar-refractivity contribution in [3.05, 3.63) is 92.3 Å². The number of pyridine rings is 1. The zero-order valence-electron chi connectivity index (χ0n) is 17.2. The lowest BCUT2D eigenvalue weighted by Crippen LogP contribution is -2.19. The van der Waals surface area contributed by atoms with Gasteiger partial charge in [0, 0.05) is 17.4 Å². The number of benzene rings is 2. The standard InChI is InChI=1S/C21H12F4N6O4/c22-10-1-6-13(15(7-10)21(23,24)25)19(32)29-12-4-2-11(3-5-12)28-17-14-8-16(31(34)35)20(33)30-18(14)27-9-26-17/h1-9H,(H,29,32)(H2,26,27,28,30,33). The molecule has 0 bridgehead atoms. The van der Waals surface area contributed by atoms with Gasteiger partial charge in [0.25, 0.3) is 5.91 Å². The number of nitrogens with one attached hydrogen (secondary N) is 3. The highest BCUT2D eigenvalue weighted by atomic mass is 19.4. The molecule has 178 valence electrons. The minimum atomic E-state index is -4.93. The highest BCUT2D eigenvalue weighted by Crippen LogP contribution is 2.33. The van der Waals surface area contributed by atoms with Gasteiger partial charge in [-0.1, -0.05) is 0 Å². The van der Waals surface area contributed by atoms with Gasteiger partial charge in [0.1, 0.15) is 23.6 Å². The SMILES string of the molecule is O=C(Nc1ccc(Nc2ncnc3[nH]c(=O)c([N+](=O)[O-])cc23)cc1)c1ccc(F)cc1C(F)(F)F. The number of carbonyl (C=O) groups is 1. The zero-order valence-corrected chi connectivity index (χ0v) is 17.2. The molecule has 2 aromatic heterocycles. The van der Waals surface area contributed by atoms with Crippen molar-refractivity contribution in [2.24, 2.45) is 0 Å². The summed E-state index contributed by atoms with van der Waals surface area (Å²) >= 11 is 0. The average Bonchev–Trinajstić information content (AvgIpc) is 2.79. The Bertz CT molecular complexity index is 1520. The van der Waals surface area contributed by atoms with E-state index in [4.69, 9.17) is 0 Å². The van der Waals surface area contributed by atoms with Gasteiger partial charge in [-0.3, -0.25) is 19.7 Å². The molecule has 4 rings (SSSR count). The van der Waals surface area contributed by atoms with Crippen LogP contribution in [0, 0.1) is 15.9 Å². The summed E-state index contributed by atoms with van der Waals surface area (Å²) in [6.07, 6.45) is -3.80. The predicted octanol–water partition coefficient (Wildman–Crippen LogP) is 4.38. The lowest BCUT2D eigenvalue weighted by atomic mass is 10.1. The van der Waals surface area contributed by atoms with Crippen LogP contribution in [-0.2, 0) is 6.18 Å². The number of alkyl halides is 3. The van der Waals surface area contributed by atoms with E-state index in [9.17, 15) is 37.3 Å². The van der Waals surface area contributed by atoms with Gasteiger partial charge in [-0.2, -0.15) is 13.2 Å². The topological polar surface area (TPSA) is 143 Å². The van der Waals surface area contributed by atoms with E-state index in [0.29, 0.717) is 5.69 Å². The number of hydrogen-bond acceptors (Lipinski definition) is 7. The summed E-state index contributed by atoms with van der Waals surface area (Å²) in [5.41, 5.74) is -3.18. The van der Waals surface area contributed by atoms with Crippen LogP contribution in [0.1, 0.15) is 15.9 Å². The van der Waals surface area contributed by atoms with Gasteiger partial charge < -0.3 is 15.6 Å². The molecule has 2 heterocycles. The fourth-order valence-corrected chi connectivity index (χ4v) is 3.16. The molecule has 4 aromatic rings. The number of nitro groups is 1.